The van der Waals surface area contributed by atoms with Crippen molar-refractivity contribution in [2.24, 2.45) is 10.9 Å². The highest BCUT2D eigenvalue weighted by Crippen LogP contribution is 2.17. The van der Waals surface area contributed by atoms with Gasteiger partial charge in [0.15, 0.2) is 5.96 Å². The van der Waals surface area contributed by atoms with Crippen LogP contribution in [0.3, 0.4) is 0 Å². The van der Waals surface area contributed by atoms with Crippen LogP contribution in [-0.2, 0) is 16.0 Å². The maximum absolute atomic E-state index is 5.70. The summed E-state index contributed by atoms with van der Waals surface area (Å²) in [6, 6.07) is 0. The third kappa shape index (κ3) is 8.65. The predicted octanol–water partition coefficient (Wildman–Crippen LogP) is 2.99. The van der Waals surface area contributed by atoms with Crippen LogP contribution in [0.5, 0.6) is 0 Å². The second-order valence-electron chi connectivity index (χ2n) is 6.33. The lowest BCUT2D eigenvalue weighted by Gasteiger charge is -2.12. The van der Waals surface area contributed by atoms with E-state index in [0.717, 1.165) is 62.5 Å². The van der Waals surface area contributed by atoms with Crippen LogP contribution >= 0.6 is 35.3 Å². The molecule has 0 aromatic carbocycles. The first-order valence-electron chi connectivity index (χ1n) is 8.73. The maximum atomic E-state index is 5.70. The molecule has 1 fully saturated rings. The zero-order chi connectivity index (χ0) is 17.2. The molecule has 0 saturated carbocycles. The number of rotatable bonds is 9. The van der Waals surface area contributed by atoms with Crippen molar-refractivity contribution in [1.82, 2.24) is 15.6 Å². The Labute approximate surface area is 172 Å². The number of guanidine groups is 1. The first-order valence-corrected chi connectivity index (χ1v) is 9.61. The molecular weight excluding hydrogens is 451 g/mol. The zero-order valence-corrected chi connectivity index (χ0v) is 18.6. The Balaban J connectivity index is 0.00000312. The van der Waals surface area contributed by atoms with E-state index in [4.69, 9.17) is 9.47 Å². The van der Waals surface area contributed by atoms with Gasteiger partial charge in [-0.1, -0.05) is 13.8 Å². The van der Waals surface area contributed by atoms with Crippen LogP contribution in [0.4, 0.5) is 0 Å². The first kappa shape index (κ1) is 22.6. The van der Waals surface area contributed by atoms with Crippen molar-refractivity contribution >= 4 is 41.3 Å². The van der Waals surface area contributed by atoms with Gasteiger partial charge in [-0.15, -0.1) is 35.3 Å². The number of hydrogen-bond acceptors (Lipinski definition) is 5. The van der Waals surface area contributed by atoms with E-state index in [1.165, 1.54) is 0 Å². The van der Waals surface area contributed by atoms with E-state index in [2.05, 4.69) is 39.8 Å². The van der Waals surface area contributed by atoms with Gasteiger partial charge in [0.25, 0.3) is 0 Å². The van der Waals surface area contributed by atoms with Crippen molar-refractivity contribution in [1.29, 1.82) is 0 Å². The van der Waals surface area contributed by atoms with Gasteiger partial charge in [0.2, 0.25) is 0 Å². The van der Waals surface area contributed by atoms with Crippen molar-refractivity contribution in [2.45, 2.75) is 39.2 Å². The highest BCUT2D eigenvalue weighted by molar-refractivity contribution is 14.0. The highest BCUT2D eigenvalue weighted by atomic mass is 127. The van der Waals surface area contributed by atoms with Crippen LogP contribution in [-0.4, -0.2) is 51.0 Å². The van der Waals surface area contributed by atoms with Crippen molar-refractivity contribution in [3.05, 3.63) is 16.1 Å². The third-order valence-electron chi connectivity index (χ3n) is 3.93. The molecule has 8 heteroatoms. The van der Waals surface area contributed by atoms with Crippen LogP contribution < -0.4 is 10.6 Å². The molecule has 2 rings (SSSR count). The van der Waals surface area contributed by atoms with E-state index in [1.807, 2.05) is 0 Å². The van der Waals surface area contributed by atoms with Gasteiger partial charge in [0.05, 0.1) is 25.5 Å². The van der Waals surface area contributed by atoms with Crippen molar-refractivity contribution in [3.8, 4) is 0 Å². The fourth-order valence-electron chi connectivity index (χ4n) is 2.40. The Morgan fingerprint density at radius 1 is 1.48 bits per heavy atom. The largest absolute Gasteiger partial charge is 0.381 e. The summed E-state index contributed by atoms with van der Waals surface area (Å²) >= 11 is 1.69. The standard InChI is InChI=1S/C17H30N4O2S.HI/c1-13(2)15-12-24-16(21-15)9-20-17(18-3)19-6-4-7-22-10-14-5-8-23-11-14;/h12-14H,4-11H2,1-3H3,(H2,18,19,20);1H. The second kappa shape index (κ2) is 12.8. The fourth-order valence-corrected chi connectivity index (χ4v) is 3.29. The van der Waals surface area contributed by atoms with E-state index in [-0.39, 0.29) is 24.0 Å². The minimum absolute atomic E-state index is 0. The summed E-state index contributed by atoms with van der Waals surface area (Å²) in [5, 5.41) is 9.83. The summed E-state index contributed by atoms with van der Waals surface area (Å²) in [7, 11) is 1.79. The monoisotopic (exact) mass is 482 g/mol. The lowest BCUT2D eigenvalue weighted by atomic mass is 10.1. The Kier molecular flexibility index (Phi) is 11.6. The molecule has 6 nitrogen and oxygen atoms in total. The van der Waals surface area contributed by atoms with Gasteiger partial charge in [0.1, 0.15) is 5.01 Å². The Bertz CT molecular complexity index is 505. The van der Waals surface area contributed by atoms with Crippen LogP contribution in [0, 0.1) is 5.92 Å². The molecule has 0 amide bonds. The summed E-state index contributed by atoms with van der Waals surface area (Å²) in [6.07, 6.45) is 2.09. The normalized spacial score (nSPS) is 17.6. The van der Waals surface area contributed by atoms with Gasteiger partial charge in [-0.25, -0.2) is 4.98 Å². The molecule has 1 aliphatic heterocycles. The number of thiazole rings is 1. The summed E-state index contributed by atoms with van der Waals surface area (Å²) < 4.78 is 11.0. The third-order valence-corrected chi connectivity index (χ3v) is 4.79. The summed E-state index contributed by atoms with van der Waals surface area (Å²) in [5.74, 6) is 1.87. The van der Waals surface area contributed by atoms with Gasteiger partial charge in [-0.05, 0) is 18.8 Å². The molecular formula is C17H31IN4O2S. The van der Waals surface area contributed by atoms with Crippen molar-refractivity contribution < 1.29 is 9.47 Å². The van der Waals surface area contributed by atoms with E-state index < -0.39 is 0 Å². The molecule has 1 aromatic rings. The molecule has 1 saturated heterocycles. The van der Waals surface area contributed by atoms with E-state index in [0.29, 0.717) is 18.4 Å². The summed E-state index contributed by atoms with van der Waals surface area (Å²) in [5.41, 5.74) is 1.16. The number of ether oxygens (including phenoxy) is 2. The van der Waals surface area contributed by atoms with Gasteiger partial charge in [-0.3, -0.25) is 4.99 Å². The number of hydrogen-bond donors (Lipinski definition) is 2. The molecule has 1 aromatic heterocycles. The molecule has 2 N–H and O–H groups in total. The molecule has 1 aliphatic rings. The van der Waals surface area contributed by atoms with Gasteiger partial charge < -0.3 is 20.1 Å². The molecule has 0 radical (unpaired) electrons. The average molecular weight is 482 g/mol. The molecule has 2 heterocycles. The molecule has 1 atom stereocenters. The second-order valence-corrected chi connectivity index (χ2v) is 7.27. The predicted molar refractivity (Wildman–Crippen MR) is 114 cm³/mol. The van der Waals surface area contributed by atoms with Crippen LogP contribution in [0.15, 0.2) is 10.4 Å². The SMILES string of the molecule is CN=C(NCCCOCC1CCOC1)NCc1nc(C(C)C)cs1.I. The lowest BCUT2D eigenvalue weighted by molar-refractivity contribution is 0.0888. The number of nitrogens with zero attached hydrogens (tertiary/aromatic N) is 2. The lowest BCUT2D eigenvalue weighted by Crippen LogP contribution is -2.37. The Morgan fingerprint density at radius 3 is 2.96 bits per heavy atom. The van der Waals surface area contributed by atoms with Crippen molar-refractivity contribution in [3.63, 3.8) is 0 Å². The van der Waals surface area contributed by atoms with Crippen molar-refractivity contribution in [2.75, 3.05) is 40.0 Å². The Morgan fingerprint density at radius 2 is 2.32 bits per heavy atom. The molecule has 25 heavy (non-hydrogen) atoms. The number of aliphatic imine (C=N–C) groups is 1. The van der Waals surface area contributed by atoms with Gasteiger partial charge in [0, 0.05) is 38.1 Å². The average Bonchev–Trinajstić information content (AvgIpc) is 3.25. The zero-order valence-electron chi connectivity index (χ0n) is 15.4. The molecule has 0 aliphatic carbocycles. The van der Waals surface area contributed by atoms with Crippen LogP contribution in [0.2, 0.25) is 0 Å². The molecule has 1 unspecified atom stereocenters. The minimum Gasteiger partial charge on any atom is -0.381 e. The number of nitrogens with one attached hydrogen (secondary N) is 2. The van der Waals surface area contributed by atoms with Crippen LogP contribution in [0.1, 0.15) is 43.3 Å². The summed E-state index contributed by atoms with van der Waals surface area (Å²) in [6.45, 7) is 9.19. The van der Waals surface area contributed by atoms with Crippen LogP contribution in [0.25, 0.3) is 0 Å². The highest BCUT2D eigenvalue weighted by Gasteiger charge is 2.15. The quantitative estimate of drug-likeness (QED) is 0.245. The topological polar surface area (TPSA) is 67.8 Å². The van der Waals surface area contributed by atoms with E-state index in [1.54, 1.807) is 18.4 Å². The molecule has 144 valence electrons. The maximum Gasteiger partial charge on any atom is 0.191 e. The molecule has 0 bridgehead atoms. The fraction of sp³-hybridized carbons (Fsp3) is 0.765. The molecule has 0 spiro atoms. The van der Waals surface area contributed by atoms with Gasteiger partial charge >= 0.3 is 0 Å². The Hall–Kier alpha value is -0.450. The smallest absolute Gasteiger partial charge is 0.191 e. The van der Waals surface area contributed by atoms with E-state index >= 15 is 0 Å². The number of halogens is 1. The first-order chi connectivity index (χ1) is 11.7. The van der Waals surface area contributed by atoms with E-state index in [9.17, 15) is 0 Å². The number of aromatic nitrogens is 1. The van der Waals surface area contributed by atoms with Gasteiger partial charge in [-0.2, -0.15) is 0 Å². The minimum atomic E-state index is 0. The summed E-state index contributed by atoms with van der Waals surface area (Å²) in [4.78, 5) is 8.86.